The Kier molecular flexibility index (Phi) is 11.7. The SMILES string of the molecule is COC(=O)[C@@H]1CCCN1CC[C@H](NC(=O)[C@@H]1CCCN1CCCNC(=O)OCc1ccccc1)C(C)C. The highest BCUT2D eigenvalue weighted by atomic mass is 16.5. The van der Waals surface area contributed by atoms with E-state index in [-0.39, 0.29) is 36.6 Å². The molecule has 0 aromatic heterocycles. The maximum Gasteiger partial charge on any atom is 0.407 e. The molecule has 3 atom stereocenters. The van der Waals surface area contributed by atoms with E-state index < -0.39 is 6.09 Å². The number of carbonyl (C=O) groups excluding carboxylic acids is 3. The number of carbonyl (C=O) groups is 3. The van der Waals surface area contributed by atoms with Crippen LogP contribution in [-0.4, -0.2) is 85.7 Å². The molecule has 2 amide bonds. The summed E-state index contributed by atoms with van der Waals surface area (Å²) in [6, 6.07) is 9.34. The van der Waals surface area contributed by atoms with Crippen LogP contribution < -0.4 is 10.6 Å². The van der Waals surface area contributed by atoms with Crippen molar-refractivity contribution in [2.75, 3.05) is 39.8 Å². The molecule has 0 saturated carbocycles. The van der Waals surface area contributed by atoms with Gasteiger partial charge in [0.25, 0.3) is 0 Å². The van der Waals surface area contributed by atoms with Gasteiger partial charge < -0.3 is 20.1 Å². The summed E-state index contributed by atoms with van der Waals surface area (Å²) in [6.07, 6.45) is 4.80. The molecule has 3 rings (SSSR count). The van der Waals surface area contributed by atoms with Crippen molar-refractivity contribution in [2.24, 2.45) is 5.92 Å². The Morgan fingerprint density at radius 2 is 1.68 bits per heavy atom. The lowest BCUT2D eigenvalue weighted by Crippen LogP contribution is -2.50. The second-order valence-corrected chi connectivity index (χ2v) is 10.4. The molecular formula is C28H44N4O5. The van der Waals surface area contributed by atoms with Gasteiger partial charge in [-0.3, -0.25) is 19.4 Å². The number of alkyl carbamates (subject to hydrolysis) is 1. The minimum absolute atomic E-state index is 0.0508. The average Bonchev–Trinajstić information content (AvgIpc) is 3.57. The van der Waals surface area contributed by atoms with Gasteiger partial charge in [0.2, 0.25) is 5.91 Å². The molecule has 2 saturated heterocycles. The van der Waals surface area contributed by atoms with E-state index in [1.54, 1.807) is 0 Å². The third-order valence-corrected chi connectivity index (χ3v) is 7.47. The Morgan fingerprint density at radius 1 is 1.00 bits per heavy atom. The van der Waals surface area contributed by atoms with Crippen LogP contribution in [0.25, 0.3) is 0 Å². The van der Waals surface area contributed by atoms with Crippen molar-refractivity contribution in [3.05, 3.63) is 35.9 Å². The molecule has 9 heteroatoms. The number of amides is 2. The maximum absolute atomic E-state index is 13.2. The minimum atomic E-state index is -0.424. The summed E-state index contributed by atoms with van der Waals surface area (Å²) in [5.41, 5.74) is 0.951. The van der Waals surface area contributed by atoms with Crippen LogP contribution in [0.3, 0.4) is 0 Å². The van der Waals surface area contributed by atoms with Crippen LogP contribution in [0.5, 0.6) is 0 Å². The molecule has 0 aliphatic carbocycles. The number of ether oxygens (including phenoxy) is 2. The lowest BCUT2D eigenvalue weighted by atomic mass is 9.99. The summed E-state index contributed by atoms with van der Waals surface area (Å²) in [4.78, 5) is 41.6. The van der Waals surface area contributed by atoms with Gasteiger partial charge in [0, 0.05) is 25.7 Å². The highest BCUT2D eigenvalue weighted by Crippen LogP contribution is 2.21. The number of esters is 1. The first-order valence-electron chi connectivity index (χ1n) is 13.7. The number of rotatable bonds is 13. The molecule has 0 unspecified atom stereocenters. The van der Waals surface area contributed by atoms with Crippen molar-refractivity contribution >= 4 is 18.0 Å². The molecule has 206 valence electrons. The van der Waals surface area contributed by atoms with Crippen molar-refractivity contribution in [1.29, 1.82) is 0 Å². The number of likely N-dealkylation sites (tertiary alicyclic amines) is 2. The van der Waals surface area contributed by atoms with Crippen LogP contribution in [0.1, 0.15) is 57.9 Å². The van der Waals surface area contributed by atoms with E-state index in [1.807, 2.05) is 30.3 Å². The fraction of sp³-hybridized carbons (Fsp3) is 0.679. The van der Waals surface area contributed by atoms with Gasteiger partial charge in [-0.15, -0.1) is 0 Å². The topological polar surface area (TPSA) is 100 Å². The van der Waals surface area contributed by atoms with Gasteiger partial charge in [-0.05, 0) is 63.1 Å². The van der Waals surface area contributed by atoms with E-state index in [0.717, 1.165) is 70.3 Å². The smallest absolute Gasteiger partial charge is 0.407 e. The van der Waals surface area contributed by atoms with E-state index >= 15 is 0 Å². The highest BCUT2D eigenvalue weighted by Gasteiger charge is 2.34. The van der Waals surface area contributed by atoms with Crippen LogP contribution in [0, 0.1) is 5.92 Å². The first-order valence-corrected chi connectivity index (χ1v) is 13.7. The lowest BCUT2D eigenvalue weighted by Gasteiger charge is -2.30. The molecule has 2 aliphatic rings. The molecule has 1 aromatic rings. The molecule has 2 heterocycles. The van der Waals surface area contributed by atoms with Crippen molar-refractivity contribution < 1.29 is 23.9 Å². The third-order valence-electron chi connectivity index (χ3n) is 7.47. The second kappa shape index (κ2) is 14.9. The van der Waals surface area contributed by atoms with Crippen LogP contribution in [0.2, 0.25) is 0 Å². The number of benzene rings is 1. The van der Waals surface area contributed by atoms with Crippen molar-refractivity contribution in [3.63, 3.8) is 0 Å². The zero-order valence-electron chi connectivity index (χ0n) is 22.6. The standard InChI is InChI=1S/C28H44N4O5/c1-21(2)23(14-19-32-17-8-13-25(32)27(34)36-3)30-26(33)24-12-7-16-31(24)18-9-15-29-28(35)37-20-22-10-5-4-6-11-22/h4-6,10-11,21,23-25H,7-9,12-20H2,1-3H3,(H,29,35)(H,30,33)/t23-,24-,25-/m0/s1. The number of hydrogen-bond acceptors (Lipinski definition) is 7. The van der Waals surface area contributed by atoms with Crippen molar-refractivity contribution in [2.45, 2.75) is 77.1 Å². The van der Waals surface area contributed by atoms with Gasteiger partial charge in [0.1, 0.15) is 12.6 Å². The Bertz CT molecular complexity index is 865. The van der Waals surface area contributed by atoms with Crippen LogP contribution in [0.4, 0.5) is 4.79 Å². The summed E-state index contributed by atoms with van der Waals surface area (Å²) in [5.74, 6) is 0.213. The molecule has 2 aliphatic heterocycles. The maximum atomic E-state index is 13.2. The average molecular weight is 517 g/mol. The quantitative estimate of drug-likeness (QED) is 0.307. The van der Waals surface area contributed by atoms with Gasteiger partial charge in [0.05, 0.1) is 13.2 Å². The molecule has 9 nitrogen and oxygen atoms in total. The monoisotopic (exact) mass is 516 g/mol. The number of nitrogens with one attached hydrogen (secondary N) is 2. The zero-order chi connectivity index (χ0) is 26.6. The van der Waals surface area contributed by atoms with Crippen LogP contribution in [-0.2, 0) is 25.7 Å². The Hall–Kier alpha value is -2.65. The Morgan fingerprint density at radius 3 is 2.35 bits per heavy atom. The molecule has 2 N–H and O–H groups in total. The van der Waals surface area contributed by atoms with Crippen LogP contribution in [0.15, 0.2) is 30.3 Å². The number of nitrogens with zero attached hydrogens (tertiary/aromatic N) is 2. The van der Waals surface area contributed by atoms with Gasteiger partial charge in [-0.25, -0.2) is 4.79 Å². The third kappa shape index (κ3) is 9.00. The largest absolute Gasteiger partial charge is 0.468 e. The molecular weight excluding hydrogens is 472 g/mol. The molecule has 0 radical (unpaired) electrons. The summed E-state index contributed by atoms with van der Waals surface area (Å²) in [5, 5.41) is 6.10. The summed E-state index contributed by atoms with van der Waals surface area (Å²) in [7, 11) is 1.44. The Labute approximate surface area is 221 Å². The predicted molar refractivity (Wildman–Crippen MR) is 142 cm³/mol. The fourth-order valence-electron chi connectivity index (χ4n) is 5.29. The first-order chi connectivity index (χ1) is 17.9. The summed E-state index contributed by atoms with van der Waals surface area (Å²) in [6.45, 7) is 8.30. The molecule has 0 spiro atoms. The molecule has 0 bridgehead atoms. The van der Waals surface area contributed by atoms with E-state index in [9.17, 15) is 14.4 Å². The predicted octanol–water partition coefficient (Wildman–Crippen LogP) is 2.94. The van der Waals surface area contributed by atoms with E-state index in [2.05, 4.69) is 34.3 Å². The first kappa shape index (κ1) is 28.9. The Balaban J connectivity index is 1.38. The van der Waals surface area contributed by atoms with E-state index in [1.165, 1.54) is 7.11 Å². The minimum Gasteiger partial charge on any atom is -0.468 e. The number of hydrogen-bond donors (Lipinski definition) is 2. The fourth-order valence-corrected chi connectivity index (χ4v) is 5.29. The normalized spacial score (nSPS) is 21.1. The molecule has 37 heavy (non-hydrogen) atoms. The van der Waals surface area contributed by atoms with Gasteiger partial charge >= 0.3 is 12.1 Å². The van der Waals surface area contributed by atoms with E-state index in [0.29, 0.717) is 12.5 Å². The van der Waals surface area contributed by atoms with Gasteiger partial charge in [-0.2, -0.15) is 0 Å². The molecule has 1 aromatic carbocycles. The second-order valence-electron chi connectivity index (χ2n) is 10.4. The summed E-state index contributed by atoms with van der Waals surface area (Å²) >= 11 is 0. The lowest BCUT2D eigenvalue weighted by molar-refractivity contribution is -0.146. The highest BCUT2D eigenvalue weighted by molar-refractivity contribution is 5.82. The zero-order valence-corrected chi connectivity index (χ0v) is 22.6. The van der Waals surface area contributed by atoms with E-state index in [4.69, 9.17) is 9.47 Å². The number of methoxy groups -OCH3 is 1. The molecule has 2 fully saturated rings. The van der Waals surface area contributed by atoms with Crippen molar-refractivity contribution in [1.82, 2.24) is 20.4 Å². The van der Waals surface area contributed by atoms with Gasteiger partial charge in [-0.1, -0.05) is 44.2 Å². The van der Waals surface area contributed by atoms with Crippen molar-refractivity contribution in [3.8, 4) is 0 Å². The van der Waals surface area contributed by atoms with Crippen LogP contribution >= 0.6 is 0 Å². The summed E-state index contributed by atoms with van der Waals surface area (Å²) < 4.78 is 10.2. The van der Waals surface area contributed by atoms with Gasteiger partial charge in [0.15, 0.2) is 0 Å².